The SMILES string of the molecule is CCOP(=S)(OCC)OCC[N+](=O)[O-]. The van der Waals surface area contributed by atoms with Crippen LogP contribution >= 0.6 is 6.72 Å². The van der Waals surface area contributed by atoms with Crippen LogP contribution in [0.5, 0.6) is 0 Å². The smallest absolute Gasteiger partial charge is 0.309 e. The van der Waals surface area contributed by atoms with Crippen LogP contribution in [0.1, 0.15) is 13.8 Å². The zero-order chi connectivity index (χ0) is 11.0. The van der Waals surface area contributed by atoms with Crippen LogP contribution in [0, 0.1) is 10.1 Å². The molecule has 14 heavy (non-hydrogen) atoms. The van der Waals surface area contributed by atoms with E-state index < -0.39 is 11.6 Å². The minimum absolute atomic E-state index is 0.0791. The lowest BCUT2D eigenvalue weighted by atomic mass is 10.7. The highest BCUT2D eigenvalue weighted by Gasteiger charge is 2.19. The molecule has 0 atom stereocenters. The first-order valence-corrected chi connectivity index (χ1v) is 6.75. The third-order valence-electron chi connectivity index (χ3n) is 1.10. The van der Waals surface area contributed by atoms with Gasteiger partial charge in [0.25, 0.3) is 0 Å². The second-order valence-corrected chi connectivity index (χ2v) is 5.18. The third-order valence-corrected chi connectivity index (χ3v) is 3.69. The maximum absolute atomic E-state index is 10.0. The molecule has 84 valence electrons. The molecule has 0 saturated heterocycles. The first-order chi connectivity index (χ1) is 6.54. The molecule has 0 fully saturated rings. The van der Waals surface area contributed by atoms with Gasteiger partial charge in [-0.05, 0) is 25.7 Å². The minimum Gasteiger partial charge on any atom is -0.309 e. The Bertz CT molecular complexity index is 214. The molecule has 0 radical (unpaired) electrons. The van der Waals surface area contributed by atoms with Gasteiger partial charge in [-0.1, -0.05) is 0 Å². The molecule has 0 saturated carbocycles. The van der Waals surface area contributed by atoms with Crippen molar-refractivity contribution >= 4 is 18.5 Å². The Balaban J connectivity index is 3.96. The van der Waals surface area contributed by atoms with Gasteiger partial charge in [0.1, 0.15) is 6.61 Å². The van der Waals surface area contributed by atoms with Crippen molar-refractivity contribution in [1.82, 2.24) is 0 Å². The summed E-state index contributed by atoms with van der Waals surface area (Å²) in [5.41, 5.74) is 0. The Hall–Kier alpha value is -0.0700. The molecule has 0 aromatic rings. The van der Waals surface area contributed by atoms with Crippen molar-refractivity contribution in [3.8, 4) is 0 Å². The summed E-state index contributed by atoms with van der Waals surface area (Å²) >= 11 is 4.97. The molecule has 0 N–H and O–H groups in total. The molecule has 0 unspecified atom stereocenters. The molecular weight excluding hydrogens is 229 g/mol. The van der Waals surface area contributed by atoms with E-state index in [-0.39, 0.29) is 13.2 Å². The number of nitro groups is 1. The summed E-state index contributed by atoms with van der Waals surface area (Å²) in [4.78, 5) is 9.55. The Morgan fingerprint density at radius 2 is 1.79 bits per heavy atom. The normalized spacial score (nSPS) is 11.6. The largest absolute Gasteiger partial charge is 0.327 e. The van der Waals surface area contributed by atoms with Gasteiger partial charge < -0.3 is 13.6 Å². The molecule has 0 aliphatic rings. The predicted molar refractivity (Wildman–Crippen MR) is 55.4 cm³/mol. The van der Waals surface area contributed by atoms with Crippen molar-refractivity contribution in [2.75, 3.05) is 26.4 Å². The number of nitrogens with zero attached hydrogens (tertiary/aromatic N) is 1. The number of hydrogen-bond acceptors (Lipinski definition) is 6. The summed E-state index contributed by atoms with van der Waals surface area (Å²) in [7, 11) is 0. The van der Waals surface area contributed by atoms with Gasteiger partial charge in [0.2, 0.25) is 6.54 Å². The lowest BCUT2D eigenvalue weighted by Crippen LogP contribution is -2.09. The topological polar surface area (TPSA) is 70.8 Å². The second-order valence-electron chi connectivity index (χ2n) is 2.17. The number of hydrogen-bond donors (Lipinski definition) is 0. The van der Waals surface area contributed by atoms with Crippen LogP contribution in [-0.2, 0) is 25.4 Å². The summed E-state index contributed by atoms with van der Waals surface area (Å²) in [5.74, 6) is 0. The standard InChI is InChI=1S/C6H14NO5PS/c1-3-10-13(14,11-4-2)12-6-5-7(8)9/h3-6H2,1-2H3. The molecule has 0 bridgehead atoms. The van der Waals surface area contributed by atoms with Crippen molar-refractivity contribution in [1.29, 1.82) is 0 Å². The summed E-state index contributed by atoms with van der Waals surface area (Å²) in [5, 5.41) is 10.0. The van der Waals surface area contributed by atoms with Crippen molar-refractivity contribution in [3.05, 3.63) is 10.1 Å². The van der Waals surface area contributed by atoms with Gasteiger partial charge in [0, 0.05) is 4.92 Å². The van der Waals surface area contributed by atoms with Gasteiger partial charge in [0.05, 0.1) is 13.2 Å². The van der Waals surface area contributed by atoms with Crippen LogP contribution in [-0.4, -0.2) is 31.3 Å². The van der Waals surface area contributed by atoms with E-state index in [1.165, 1.54) is 0 Å². The van der Waals surface area contributed by atoms with Crippen LogP contribution < -0.4 is 0 Å². The average molecular weight is 243 g/mol. The molecule has 0 rings (SSSR count). The molecule has 0 aromatic heterocycles. The van der Waals surface area contributed by atoms with Gasteiger partial charge in [0.15, 0.2) is 0 Å². The molecular formula is C6H14NO5PS. The number of rotatable bonds is 8. The Kier molecular flexibility index (Phi) is 7.22. The summed E-state index contributed by atoms with van der Waals surface area (Å²) in [6, 6.07) is 0. The molecule has 0 spiro atoms. The summed E-state index contributed by atoms with van der Waals surface area (Å²) < 4.78 is 15.3. The van der Waals surface area contributed by atoms with Crippen molar-refractivity contribution in [3.63, 3.8) is 0 Å². The van der Waals surface area contributed by atoms with Crippen LogP contribution in [0.4, 0.5) is 0 Å². The van der Waals surface area contributed by atoms with Gasteiger partial charge in [-0.25, -0.2) is 0 Å². The first kappa shape index (κ1) is 13.9. The van der Waals surface area contributed by atoms with Gasteiger partial charge in [-0.3, -0.25) is 10.1 Å². The van der Waals surface area contributed by atoms with E-state index >= 15 is 0 Å². The Morgan fingerprint density at radius 3 is 2.14 bits per heavy atom. The highest BCUT2D eigenvalue weighted by atomic mass is 32.5. The van der Waals surface area contributed by atoms with Crippen LogP contribution in [0.15, 0.2) is 0 Å². The fraction of sp³-hybridized carbons (Fsp3) is 1.00. The zero-order valence-corrected chi connectivity index (χ0v) is 9.88. The van der Waals surface area contributed by atoms with Crippen LogP contribution in [0.3, 0.4) is 0 Å². The molecule has 6 nitrogen and oxygen atoms in total. The lowest BCUT2D eigenvalue weighted by Gasteiger charge is -2.19. The summed E-state index contributed by atoms with van der Waals surface area (Å²) in [6.45, 7) is 1.14. The van der Waals surface area contributed by atoms with E-state index in [2.05, 4.69) is 0 Å². The molecule has 0 aromatic carbocycles. The molecule has 8 heteroatoms. The zero-order valence-electron chi connectivity index (χ0n) is 8.17. The predicted octanol–water partition coefficient (Wildman–Crippen LogP) is 1.58. The molecule has 0 aliphatic heterocycles. The van der Waals surface area contributed by atoms with Crippen LogP contribution in [0.2, 0.25) is 0 Å². The van der Waals surface area contributed by atoms with E-state index in [0.717, 1.165) is 0 Å². The van der Waals surface area contributed by atoms with E-state index in [1.54, 1.807) is 13.8 Å². The van der Waals surface area contributed by atoms with Crippen molar-refractivity contribution in [2.45, 2.75) is 13.8 Å². The highest BCUT2D eigenvalue weighted by molar-refractivity contribution is 8.07. The van der Waals surface area contributed by atoms with Crippen molar-refractivity contribution < 1.29 is 18.5 Å². The highest BCUT2D eigenvalue weighted by Crippen LogP contribution is 2.49. The minimum atomic E-state index is -2.75. The fourth-order valence-electron chi connectivity index (χ4n) is 0.655. The maximum Gasteiger partial charge on any atom is 0.327 e. The monoisotopic (exact) mass is 243 g/mol. The van der Waals surface area contributed by atoms with Crippen LogP contribution in [0.25, 0.3) is 0 Å². The first-order valence-electron chi connectivity index (χ1n) is 4.19. The second kappa shape index (κ2) is 7.25. The van der Waals surface area contributed by atoms with E-state index in [9.17, 15) is 10.1 Å². The van der Waals surface area contributed by atoms with Gasteiger partial charge in [-0.2, -0.15) is 0 Å². The van der Waals surface area contributed by atoms with E-state index in [4.69, 9.17) is 25.4 Å². The molecule has 0 amide bonds. The fourth-order valence-corrected chi connectivity index (χ4v) is 2.67. The maximum atomic E-state index is 10.0. The average Bonchev–Trinajstić information content (AvgIpc) is 2.03. The van der Waals surface area contributed by atoms with E-state index in [1.807, 2.05) is 0 Å². The van der Waals surface area contributed by atoms with E-state index in [0.29, 0.717) is 13.2 Å². The molecule has 0 aliphatic carbocycles. The lowest BCUT2D eigenvalue weighted by molar-refractivity contribution is -0.481. The van der Waals surface area contributed by atoms with Gasteiger partial charge >= 0.3 is 6.72 Å². The third kappa shape index (κ3) is 6.39. The molecule has 0 heterocycles. The van der Waals surface area contributed by atoms with Crippen molar-refractivity contribution in [2.24, 2.45) is 0 Å². The van der Waals surface area contributed by atoms with Gasteiger partial charge in [-0.15, -0.1) is 0 Å². The quantitative estimate of drug-likeness (QED) is 0.366. The Morgan fingerprint density at radius 1 is 1.29 bits per heavy atom. The Labute approximate surface area is 87.9 Å². The summed E-state index contributed by atoms with van der Waals surface area (Å²) in [6.07, 6.45) is 0.